The van der Waals surface area contributed by atoms with Crippen LogP contribution in [0.15, 0.2) is 71.2 Å². The van der Waals surface area contributed by atoms with Crippen LogP contribution in [0.4, 0.5) is 0 Å². The molecule has 0 fully saturated rings. The highest BCUT2D eigenvalue weighted by molar-refractivity contribution is 9.11. The van der Waals surface area contributed by atoms with Crippen LogP contribution < -0.4 is 4.74 Å². The Morgan fingerprint density at radius 1 is 0.951 bits per heavy atom. The van der Waals surface area contributed by atoms with Gasteiger partial charge in [0.1, 0.15) is 5.75 Å². The number of carboxylic acids is 1. The van der Waals surface area contributed by atoms with Crippen LogP contribution in [0.1, 0.15) is 41.0 Å². The second kappa shape index (κ2) is 12.4. The van der Waals surface area contributed by atoms with Crippen LogP contribution in [-0.2, 0) is 17.8 Å². The van der Waals surface area contributed by atoms with Gasteiger partial charge in [0.2, 0.25) is 0 Å². The van der Waals surface area contributed by atoms with Gasteiger partial charge in [0.05, 0.1) is 4.70 Å². The van der Waals surface area contributed by atoms with E-state index in [2.05, 4.69) is 78.0 Å². The lowest BCUT2D eigenvalue weighted by Gasteiger charge is -2.21. The van der Waals surface area contributed by atoms with Crippen LogP contribution in [0.25, 0.3) is 32.0 Å². The molecule has 4 aromatic carbocycles. The molecular weight excluding hydrogens is 594 g/mol. The Balaban J connectivity index is 1.64. The number of ether oxygens (including phenoxy) is 1. The first-order valence-electron chi connectivity index (χ1n) is 14.1. The smallest absolute Gasteiger partial charge is 0.345 e. The first-order valence-corrected chi connectivity index (χ1v) is 15.7. The van der Waals surface area contributed by atoms with E-state index < -0.39 is 12.1 Å². The van der Waals surface area contributed by atoms with E-state index >= 15 is 0 Å². The van der Waals surface area contributed by atoms with Gasteiger partial charge in [0, 0.05) is 27.7 Å². The van der Waals surface area contributed by atoms with E-state index in [1.165, 1.54) is 36.9 Å². The van der Waals surface area contributed by atoms with Crippen LogP contribution in [-0.4, -0.2) is 35.2 Å². The molecule has 0 aliphatic heterocycles. The summed E-state index contributed by atoms with van der Waals surface area (Å²) < 4.78 is 8.62. The fourth-order valence-electron chi connectivity index (χ4n) is 5.70. The van der Waals surface area contributed by atoms with Crippen molar-refractivity contribution in [1.29, 1.82) is 0 Å². The number of thiophene rings is 1. The molecule has 0 amide bonds. The highest BCUT2D eigenvalue weighted by atomic mass is 79.9. The fourth-order valence-corrected chi connectivity index (χ4v) is 7.79. The average molecular weight is 631 g/mol. The van der Waals surface area contributed by atoms with Crippen molar-refractivity contribution in [3.8, 4) is 16.9 Å². The Morgan fingerprint density at radius 3 is 2.17 bits per heavy atom. The lowest BCUT2D eigenvalue weighted by atomic mass is 9.91. The maximum Gasteiger partial charge on any atom is 0.345 e. The van der Waals surface area contributed by atoms with E-state index in [-0.39, 0.29) is 0 Å². The third-order valence-corrected chi connectivity index (χ3v) is 10.3. The largest absolute Gasteiger partial charge is 0.478 e. The summed E-state index contributed by atoms with van der Waals surface area (Å²) in [6.45, 7) is 13.7. The van der Waals surface area contributed by atoms with Crippen LogP contribution >= 0.6 is 27.3 Å². The molecule has 0 aliphatic carbocycles. The number of benzene rings is 4. The second-order valence-corrected chi connectivity index (χ2v) is 12.5. The van der Waals surface area contributed by atoms with Gasteiger partial charge in [-0.15, -0.1) is 11.3 Å². The van der Waals surface area contributed by atoms with Gasteiger partial charge in [-0.25, -0.2) is 4.79 Å². The lowest BCUT2D eigenvalue weighted by molar-refractivity contribution is -0.145. The molecule has 0 spiro atoms. The summed E-state index contributed by atoms with van der Waals surface area (Å²) in [5.41, 5.74) is 6.44. The monoisotopic (exact) mass is 629 g/mol. The van der Waals surface area contributed by atoms with Gasteiger partial charge >= 0.3 is 5.97 Å². The summed E-state index contributed by atoms with van der Waals surface area (Å²) in [4.78, 5) is 16.0. The summed E-state index contributed by atoms with van der Waals surface area (Å²) in [5, 5.41) is 13.6. The van der Waals surface area contributed by atoms with Crippen LogP contribution in [0, 0.1) is 20.8 Å². The van der Waals surface area contributed by atoms with Gasteiger partial charge in [0.25, 0.3) is 0 Å². The normalized spacial score (nSPS) is 12.4. The van der Waals surface area contributed by atoms with Crippen molar-refractivity contribution in [1.82, 2.24) is 4.90 Å². The molecule has 0 aliphatic rings. The lowest BCUT2D eigenvalue weighted by Crippen LogP contribution is -2.30. The van der Waals surface area contributed by atoms with E-state index in [9.17, 15) is 9.90 Å². The van der Waals surface area contributed by atoms with Crippen molar-refractivity contribution in [3.05, 3.63) is 98.3 Å². The van der Waals surface area contributed by atoms with Crippen LogP contribution in [0.3, 0.4) is 0 Å². The number of hydrogen-bond acceptors (Lipinski definition) is 4. The third-order valence-electron chi connectivity index (χ3n) is 7.94. The molecule has 0 radical (unpaired) electrons. The standard InChI is InChI=1S/C35H36BrNO3S/c1-6-37(7-2)20-29-23(5)30-31(26-15-11-12-16-27(26)32(36)34(30)41-29)25-17-21(3)33(22(4)18-25)40-28(35(38)39)19-24-13-9-8-10-14-24/h8-18,28H,6-7,19-20H2,1-5H3,(H,38,39). The number of aliphatic carboxylic acids is 1. The molecule has 41 heavy (non-hydrogen) atoms. The Morgan fingerprint density at radius 2 is 1.56 bits per heavy atom. The molecule has 1 atom stereocenters. The zero-order valence-electron chi connectivity index (χ0n) is 24.3. The predicted octanol–water partition coefficient (Wildman–Crippen LogP) is 9.33. The molecule has 6 heteroatoms. The van der Waals surface area contributed by atoms with E-state index in [0.717, 1.165) is 46.4 Å². The molecule has 0 saturated carbocycles. The number of halogens is 1. The maximum absolute atomic E-state index is 12.2. The van der Waals surface area contributed by atoms with Crippen molar-refractivity contribution in [2.45, 2.75) is 53.7 Å². The van der Waals surface area contributed by atoms with E-state index in [1.807, 2.05) is 55.5 Å². The van der Waals surface area contributed by atoms with Gasteiger partial charge < -0.3 is 9.84 Å². The van der Waals surface area contributed by atoms with Gasteiger partial charge in [-0.2, -0.15) is 0 Å². The highest BCUT2D eigenvalue weighted by Gasteiger charge is 2.24. The van der Waals surface area contributed by atoms with Crippen molar-refractivity contribution < 1.29 is 14.6 Å². The molecule has 0 saturated heterocycles. The van der Waals surface area contributed by atoms with Crippen LogP contribution in [0.2, 0.25) is 0 Å². The SMILES string of the molecule is CCN(CC)Cc1sc2c(Br)c3ccccc3c(-c3cc(C)c(OC(Cc4ccccc4)C(=O)O)c(C)c3)c2c1C. The van der Waals surface area contributed by atoms with Gasteiger partial charge in [-0.3, -0.25) is 4.90 Å². The highest BCUT2D eigenvalue weighted by Crippen LogP contribution is 2.48. The summed E-state index contributed by atoms with van der Waals surface area (Å²) in [6, 6.07) is 22.5. The Kier molecular flexibility index (Phi) is 8.83. The summed E-state index contributed by atoms with van der Waals surface area (Å²) in [6.07, 6.45) is -0.666. The third kappa shape index (κ3) is 5.78. The number of carboxylic acid groups (broad SMARTS) is 1. The molecule has 1 N–H and O–H groups in total. The molecule has 1 unspecified atom stereocenters. The van der Waals surface area contributed by atoms with E-state index in [0.29, 0.717) is 12.2 Å². The molecular formula is C35H36BrNO3S. The molecule has 5 rings (SSSR count). The minimum Gasteiger partial charge on any atom is -0.478 e. The number of aryl methyl sites for hydroxylation is 3. The molecule has 5 aromatic rings. The molecule has 212 valence electrons. The predicted molar refractivity (Wildman–Crippen MR) is 176 cm³/mol. The summed E-state index contributed by atoms with van der Waals surface area (Å²) in [7, 11) is 0. The number of nitrogens with zero attached hydrogens (tertiary/aromatic N) is 1. The van der Waals surface area contributed by atoms with Crippen molar-refractivity contribution in [2.75, 3.05) is 13.1 Å². The number of fused-ring (bicyclic) bond motifs is 2. The summed E-state index contributed by atoms with van der Waals surface area (Å²) in [5.74, 6) is -0.328. The maximum atomic E-state index is 12.2. The van der Waals surface area contributed by atoms with Gasteiger partial charge in [-0.05, 0) is 106 Å². The van der Waals surface area contributed by atoms with E-state index in [1.54, 1.807) is 0 Å². The zero-order chi connectivity index (χ0) is 29.3. The molecule has 1 heterocycles. The molecule has 0 bridgehead atoms. The van der Waals surface area contributed by atoms with Gasteiger partial charge in [-0.1, -0.05) is 68.4 Å². The van der Waals surface area contributed by atoms with Gasteiger partial charge in [0.15, 0.2) is 6.10 Å². The second-order valence-electron chi connectivity index (χ2n) is 10.6. The summed E-state index contributed by atoms with van der Waals surface area (Å²) >= 11 is 5.85. The number of carbonyl (C=O) groups is 1. The van der Waals surface area contributed by atoms with Crippen molar-refractivity contribution >= 4 is 54.1 Å². The minimum absolute atomic E-state index is 0.304. The topological polar surface area (TPSA) is 49.8 Å². The number of hydrogen-bond donors (Lipinski definition) is 1. The average Bonchev–Trinajstić information content (AvgIpc) is 3.29. The van der Waals surface area contributed by atoms with Crippen LogP contribution in [0.5, 0.6) is 5.75 Å². The Labute approximate surface area is 254 Å². The van der Waals surface area contributed by atoms with Crippen molar-refractivity contribution in [2.24, 2.45) is 0 Å². The Bertz CT molecular complexity index is 1700. The first kappa shape index (κ1) is 29.3. The van der Waals surface area contributed by atoms with E-state index in [4.69, 9.17) is 4.74 Å². The minimum atomic E-state index is -0.970. The fraction of sp³-hybridized carbons (Fsp3) is 0.286. The molecule has 1 aromatic heterocycles. The Hall–Kier alpha value is -3.19. The first-order chi connectivity index (χ1) is 19.7. The molecule has 4 nitrogen and oxygen atoms in total. The van der Waals surface area contributed by atoms with Crippen molar-refractivity contribution in [3.63, 3.8) is 0 Å². The quantitative estimate of drug-likeness (QED) is 0.167. The number of rotatable bonds is 10. The zero-order valence-corrected chi connectivity index (χ0v) is 26.7.